The summed E-state index contributed by atoms with van der Waals surface area (Å²) in [5, 5.41) is 67.7. The molecule has 0 aromatic heterocycles. The number of hydrogen-bond donors (Lipinski definition) is 8. The van der Waals surface area contributed by atoms with Gasteiger partial charge in [-0.05, 0) is 0 Å². The Morgan fingerprint density at radius 3 is 2.00 bits per heavy atom. The second-order valence-corrected chi connectivity index (χ2v) is 5.89. The summed E-state index contributed by atoms with van der Waals surface area (Å²) < 4.78 is 15.5. The molecule has 2 heterocycles. The van der Waals surface area contributed by atoms with Crippen molar-refractivity contribution in [3.05, 3.63) is 0 Å². The summed E-state index contributed by atoms with van der Waals surface area (Å²) >= 11 is 3.96. The first kappa shape index (κ1) is 19.3. The van der Waals surface area contributed by atoms with Gasteiger partial charge in [0.25, 0.3) is 0 Å². The molecular formula is C12H22O10S. The zero-order valence-corrected chi connectivity index (χ0v) is 12.9. The lowest BCUT2D eigenvalue weighted by atomic mass is 9.97. The van der Waals surface area contributed by atoms with Crippen LogP contribution in [0.4, 0.5) is 0 Å². The van der Waals surface area contributed by atoms with Crippen molar-refractivity contribution in [1.29, 1.82) is 0 Å². The standard InChI is InChI=1S/C12H22O10S/c13-1-3-10(7(16)8(17)11(19)20-3)22-12-9(18)6(15)5(14)4(2-23)21-12/h3-19,23H,1-2H2/t3?,4?,5-,6?,7?,8?,9?,10-,11?,12+/m1/s1. The minimum atomic E-state index is -1.71. The van der Waals surface area contributed by atoms with Crippen LogP contribution in [0.2, 0.25) is 0 Å². The number of thiol groups is 1. The van der Waals surface area contributed by atoms with E-state index in [-0.39, 0.29) is 5.75 Å². The molecule has 2 aliphatic heterocycles. The maximum Gasteiger partial charge on any atom is 0.187 e. The summed E-state index contributed by atoms with van der Waals surface area (Å²) in [6.07, 6.45) is -14.6. The maximum atomic E-state index is 9.98. The molecule has 0 aromatic rings. The molecule has 136 valence electrons. The van der Waals surface area contributed by atoms with Gasteiger partial charge in [-0.1, -0.05) is 0 Å². The van der Waals surface area contributed by atoms with Crippen molar-refractivity contribution in [1.82, 2.24) is 0 Å². The molecule has 0 radical (unpaired) electrons. The second-order valence-electron chi connectivity index (χ2n) is 5.53. The maximum absolute atomic E-state index is 9.98. The zero-order chi connectivity index (χ0) is 17.3. The average molecular weight is 358 g/mol. The van der Waals surface area contributed by atoms with Gasteiger partial charge < -0.3 is 50.0 Å². The Hall–Kier alpha value is -0.0500. The minimum Gasteiger partial charge on any atom is -0.394 e. The lowest BCUT2D eigenvalue weighted by Crippen LogP contribution is -2.64. The summed E-state index contributed by atoms with van der Waals surface area (Å²) in [5.41, 5.74) is 0. The Bertz CT molecular complexity index is 383. The first-order chi connectivity index (χ1) is 10.8. The smallest absolute Gasteiger partial charge is 0.187 e. The molecule has 2 rings (SSSR count). The number of hydrogen-bond acceptors (Lipinski definition) is 11. The van der Waals surface area contributed by atoms with Crippen LogP contribution in [0.15, 0.2) is 0 Å². The highest BCUT2D eigenvalue weighted by Gasteiger charge is 2.49. The summed E-state index contributed by atoms with van der Waals surface area (Å²) in [4.78, 5) is 0. The fraction of sp³-hybridized carbons (Fsp3) is 1.00. The summed E-state index contributed by atoms with van der Waals surface area (Å²) in [6.45, 7) is -0.643. The van der Waals surface area contributed by atoms with E-state index >= 15 is 0 Å². The van der Waals surface area contributed by atoms with Gasteiger partial charge in [0, 0.05) is 5.75 Å². The van der Waals surface area contributed by atoms with E-state index in [0.29, 0.717) is 0 Å². The van der Waals surface area contributed by atoms with Crippen LogP contribution in [0.1, 0.15) is 0 Å². The second kappa shape index (κ2) is 7.89. The topological polar surface area (TPSA) is 169 Å². The van der Waals surface area contributed by atoms with Crippen molar-refractivity contribution < 1.29 is 50.0 Å². The highest BCUT2D eigenvalue weighted by molar-refractivity contribution is 7.80. The third-order valence-corrected chi connectivity index (χ3v) is 4.34. The predicted octanol–water partition coefficient (Wildman–Crippen LogP) is -4.46. The fourth-order valence-corrected chi connectivity index (χ4v) is 2.87. The molecule has 0 saturated carbocycles. The van der Waals surface area contributed by atoms with Gasteiger partial charge in [-0.3, -0.25) is 0 Å². The third-order valence-electron chi connectivity index (χ3n) is 3.98. The number of rotatable bonds is 4. The van der Waals surface area contributed by atoms with Crippen LogP contribution in [0.25, 0.3) is 0 Å². The third kappa shape index (κ3) is 3.80. The molecule has 7 N–H and O–H groups in total. The number of aliphatic hydroxyl groups excluding tert-OH is 7. The van der Waals surface area contributed by atoms with E-state index in [1.807, 2.05) is 0 Å². The van der Waals surface area contributed by atoms with E-state index < -0.39 is 68.0 Å². The Morgan fingerprint density at radius 2 is 1.43 bits per heavy atom. The molecule has 2 aliphatic rings. The van der Waals surface area contributed by atoms with E-state index in [0.717, 1.165) is 0 Å². The van der Waals surface area contributed by atoms with Gasteiger partial charge in [0.1, 0.15) is 42.7 Å². The molecule has 11 heteroatoms. The molecule has 0 bridgehead atoms. The normalized spacial score (nSPS) is 51.7. The van der Waals surface area contributed by atoms with Gasteiger partial charge in [-0.2, -0.15) is 12.6 Å². The molecule has 10 nitrogen and oxygen atoms in total. The quantitative estimate of drug-likeness (QED) is 0.229. The van der Waals surface area contributed by atoms with Crippen molar-refractivity contribution in [2.75, 3.05) is 12.4 Å². The van der Waals surface area contributed by atoms with Crippen molar-refractivity contribution in [3.8, 4) is 0 Å². The van der Waals surface area contributed by atoms with Crippen molar-refractivity contribution in [2.45, 2.75) is 61.4 Å². The summed E-state index contributed by atoms with van der Waals surface area (Å²) in [7, 11) is 0. The summed E-state index contributed by atoms with van der Waals surface area (Å²) in [6, 6.07) is 0. The van der Waals surface area contributed by atoms with E-state index in [1.165, 1.54) is 0 Å². The lowest BCUT2D eigenvalue weighted by molar-refractivity contribution is -0.351. The predicted molar refractivity (Wildman–Crippen MR) is 75.4 cm³/mol. The van der Waals surface area contributed by atoms with Gasteiger partial charge >= 0.3 is 0 Å². The summed E-state index contributed by atoms with van der Waals surface area (Å²) in [5.74, 6) is 0.0271. The number of aliphatic hydroxyl groups is 7. The van der Waals surface area contributed by atoms with Crippen LogP contribution in [0.5, 0.6) is 0 Å². The van der Waals surface area contributed by atoms with Crippen molar-refractivity contribution in [3.63, 3.8) is 0 Å². The average Bonchev–Trinajstić information content (AvgIpc) is 2.55. The fourth-order valence-electron chi connectivity index (χ4n) is 2.57. The van der Waals surface area contributed by atoms with E-state index in [2.05, 4.69) is 12.6 Å². The largest absolute Gasteiger partial charge is 0.394 e. The molecule has 10 atom stereocenters. The molecule has 0 spiro atoms. The Kier molecular flexibility index (Phi) is 6.61. The van der Waals surface area contributed by atoms with Gasteiger partial charge in [0.2, 0.25) is 0 Å². The Balaban J connectivity index is 2.11. The highest BCUT2D eigenvalue weighted by Crippen LogP contribution is 2.28. The van der Waals surface area contributed by atoms with Gasteiger partial charge in [0.15, 0.2) is 12.6 Å². The van der Waals surface area contributed by atoms with E-state index in [4.69, 9.17) is 14.2 Å². The van der Waals surface area contributed by atoms with Crippen LogP contribution < -0.4 is 0 Å². The van der Waals surface area contributed by atoms with Crippen LogP contribution in [-0.2, 0) is 14.2 Å². The van der Waals surface area contributed by atoms with Crippen molar-refractivity contribution >= 4 is 12.6 Å². The SMILES string of the molecule is OCC1OC(O)C(O)C(O)[C@@H]1O[C@@H]1OC(CS)[C@@H](O)C(O)C1O. The first-order valence-corrected chi connectivity index (χ1v) is 7.71. The Morgan fingerprint density at radius 1 is 0.783 bits per heavy atom. The van der Waals surface area contributed by atoms with E-state index in [9.17, 15) is 35.7 Å². The monoisotopic (exact) mass is 358 g/mol. The van der Waals surface area contributed by atoms with Crippen LogP contribution in [0.3, 0.4) is 0 Å². The van der Waals surface area contributed by atoms with Crippen LogP contribution >= 0.6 is 12.6 Å². The molecule has 0 aliphatic carbocycles. The molecule has 0 aromatic carbocycles. The van der Waals surface area contributed by atoms with Crippen LogP contribution in [0, 0.1) is 0 Å². The van der Waals surface area contributed by atoms with Gasteiger partial charge in [-0.25, -0.2) is 0 Å². The first-order valence-electron chi connectivity index (χ1n) is 7.08. The lowest BCUT2D eigenvalue weighted by Gasteiger charge is -2.45. The van der Waals surface area contributed by atoms with Crippen LogP contribution in [-0.4, -0.2) is 110 Å². The number of ether oxygens (including phenoxy) is 3. The highest BCUT2D eigenvalue weighted by atomic mass is 32.1. The van der Waals surface area contributed by atoms with Gasteiger partial charge in [-0.15, -0.1) is 0 Å². The Labute approximate surface area is 137 Å². The molecular weight excluding hydrogens is 336 g/mol. The van der Waals surface area contributed by atoms with Gasteiger partial charge in [0.05, 0.1) is 12.7 Å². The van der Waals surface area contributed by atoms with E-state index in [1.54, 1.807) is 0 Å². The molecule has 7 unspecified atom stereocenters. The molecule has 0 amide bonds. The molecule has 2 fully saturated rings. The van der Waals surface area contributed by atoms with Crippen molar-refractivity contribution in [2.24, 2.45) is 0 Å². The molecule has 2 saturated heterocycles. The molecule has 23 heavy (non-hydrogen) atoms. The zero-order valence-electron chi connectivity index (χ0n) is 12.0. The minimum absolute atomic E-state index is 0.0271.